The Hall–Kier alpha value is -0.180. The molecular formula is C5H12N2S. The molecule has 0 fully saturated rings. The van der Waals surface area contributed by atoms with Gasteiger partial charge in [0.1, 0.15) is 0 Å². The maximum atomic E-state index is 6.87. The normalized spacial score (nSPS) is 13.2. The Morgan fingerprint density at radius 2 is 2.38 bits per heavy atom. The molecular weight excluding hydrogens is 120 g/mol. The standard InChI is InChI=1S/C5H12N2S/c1-3-4(2)8-5(6)7/h4H,3H2,1-2H3,(H3,6,7)/t4-/m1/s1. The number of hydrogen-bond acceptors (Lipinski definition) is 2. The first-order chi connectivity index (χ1) is 3.66. The van der Waals surface area contributed by atoms with Gasteiger partial charge in [-0.15, -0.1) is 0 Å². The summed E-state index contributed by atoms with van der Waals surface area (Å²) in [5, 5.41) is 7.58. The van der Waals surface area contributed by atoms with E-state index in [2.05, 4.69) is 13.8 Å². The molecule has 0 aliphatic rings. The lowest BCUT2D eigenvalue weighted by molar-refractivity contribution is 0.910. The van der Waals surface area contributed by atoms with Gasteiger partial charge in [-0.05, 0) is 6.42 Å². The van der Waals surface area contributed by atoms with E-state index in [4.69, 9.17) is 11.1 Å². The van der Waals surface area contributed by atoms with E-state index >= 15 is 0 Å². The van der Waals surface area contributed by atoms with Crippen LogP contribution in [0.3, 0.4) is 0 Å². The van der Waals surface area contributed by atoms with Crippen LogP contribution in [0.25, 0.3) is 0 Å². The molecule has 2 nitrogen and oxygen atoms in total. The molecule has 0 bridgehead atoms. The molecule has 0 heterocycles. The first-order valence-electron chi connectivity index (χ1n) is 2.67. The molecule has 48 valence electrons. The third-order valence-electron chi connectivity index (χ3n) is 0.903. The van der Waals surface area contributed by atoms with E-state index < -0.39 is 0 Å². The minimum absolute atomic E-state index is 0.222. The molecule has 0 saturated carbocycles. The first kappa shape index (κ1) is 7.82. The highest BCUT2D eigenvalue weighted by atomic mass is 32.2. The highest BCUT2D eigenvalue weighted by molar-refractivity contribution is 8.14. The molecule has 1 atom stereocenters. The molecule has 0 amide bonds. The Balaban J connectivity index is 3.24. The minimum atomic E-state index is 0.222. The van der Waals surface area contributed by atoms with Crippen LogP contribution in [0.5, 0.6) is 0 Å². The molecule has 0 aromatic carbocycles. The molecule has 3 N–H and O–H groups in total. The van der Waals surface area contributed by atoms with Crippen molar-refractivity contribution in [2.24, 2.45) is 5.73 Å². The van der Waals surface area contributed by atoms with E-state index in [0.717, 1.165) is 6.42 Å². The van der Waals surface area contributed by atoms with Crippen LogP contribution < -0.4 is 5.73 Å². The first-order valence-corrected chi connectivity index (χ1v) is 3.55. The number of nitrogens with two attached hydrogens (primary N) is 1. The number of thioether (sulfide) groups is 1. The molecule has 0 aliphatic heterocycles. The zero-order chi connectivity index (χ0) is 6.57. The van der Waals surface area contributed by atoms with Crippen LogP contribution in [0.4, 0.5) is 0 Å². The van der Waals surface area contributed by atoms with Crippen molar-refractivity contribution in [3.63, 3.8) is 0 Å². The largest absolute Gasteiger partial charge is 0.379 e. The second-order valence-corrected chi connectivity index (χ2v) is 3.18. The average Bonchev–Trinajstić information content (AvgIpc) is 1.65. The maximum absolute atomic E-state index is 6.87. The molecule has 0 aromatic rings. The monoisotopic (exact) mass is 132 g/mol. The fourth-order valence-electron chi connectivity index (χ4n) is 0.300. The van der Waals surface area contributed by atoms with Crippen LogP contribution in [-0.4, -0.2) is 10.4 Å². The third-order valence-corrected chi connectivity index (χ3v) is 1.89. The number of nitrogens with one attached hydrogen (secondary N) is 1. The van der Waals surface area contributed by atoms with E-state index in [-0.39, 0.29) is 5.17 Å². The van der Waals surface area contributed by atoms with E-state index in [0.29, 0.717) is 5.25 Å². The Morgan fingerprint density at radius 1 is 1.88 bits per heavy atom. The van der Waals surface area contributed by atoms with Crippen molar-refractivity contribution in [1.82, 2.24) is 0 Å². The van der Waals surface area contributed by atoms with Gasteiger partial charge < -0.3 is 5.73 Å². The summed E-state index contributed by atoms with van der Waals surface area (Å²) in [5.74, 6) is 0. The summed E-state index contributed by atoms with van der Waals surface area (Å²) in [4.78, 5) is 0. The van der Waals surface area contributed by atoms with Crippen molar-refractivity contribution in [2.45, 2.75) is 25.5 Å². The molecule has 0 aliphatic carbocycles. The van der Waals surface area contributed by atoms with Crippen molar-refractivity contribution in [3.8, 4) is 0 Å². The fraction of sp³-hybridized carbons (Fsp3) is 0.800. The molecule has 0 unspecified atom stereocenters. The lowest BCUT2D eigenvalue weighted by atomic mass is 10.4. The van der Waals surface area contributed by atoms with Crippen LogP contribution >= 0.6 is 11.8 Å². The highest BCUT2D eigenvalue weighted by Gasteiger charge is 1.98. The van der Waals surface area contributed by atoms with Crippen LogP contribution in [0, 0.1) is 5.41 Å². The summed E-state index contributed by atoms with van der Waals surface area (Å²) in [6, 6.07) is 0. The van der Waals surface area contributed by atoms with Gasteiger partial charge in [0.25, 0.3) is 0 Å². The number of amidine groups is 1. The van der Waals surface area contributed by atoms with Gasteiger partial charge in [0.2, 0.25) is 0 Å². The quantitative estimate of drug-likeness (QED) is 0.441. The van der Waals surface area contributed by atoms with E-state index in [9.17, 15) is 0 Å². The summed E-state index contributed by atoms with van der Waals surface area (Å²) in [7, 11) is 0. The van der Waals surface area contributed by atoms with Crippen molar-refractivity contribution in [3.05, 3.63) is 0 Å². The van der Waals surface area contributed by atoms with Gasteiger partial charge in [-0.2, -0.15) is 0 Å². The second-order valence-electron chi connectivity index (χ2n) is 1.70. The van der Waals surface area contributed by atoms with Crippen molar-refractivity contribution in [2.75, 3.05) is 0 Å². The lowest BCUT2D eigenvalue weighted by Crippen LogP contribution is -2.08. The highest BCUT2D eigenvalue weighted by Crippen LogP contribution is 2.11. The average molecular weight is 132 g/mol. The van der Waals surface area contributed by atoms with Gasteiger partial charge in [0.15, 0.2) is 5.17 Å². The number of hydrogen-bond donors (Lipinski definition) is 2. The van der Waals surface area contributed by atoms with Crippen molar-refractivity contribution in [1.29, 1.82) is 5.41 Å². The van der Waals surface area contributed by atoms with Gasteiger partial charge in [-0.3, -0.25) is 5.41 Å². The lowest BCUT2D eigenvalue weighted by Gasteiger charge is -2.03. The number of rotatable bonds is 2. The predicted octanol–water partition coefficient (Wildman–Crippen LogP) is 1.41. The van der Waals surface area contributed by atoms with Gasteiger partial charge in [-0.1, -0.05) is 25.6 Å². The van der Waals surface area contributed by atoms with E-state index in [1.54, 1.807) is 0 Å². The van der Waals surface area contributed by atoms with Gasteiger partial charge in [0.05, 0.1) is 0 Å². The Labute approximate surface area is 54.3 Å². The zero-order valence-corrected chi connectivity index (χ0v) is 6.09. The van der Waals surface area contributed by atoms with Crippen LogP contribution in [0.2, 0.25) is 0 Å². The predicted molar refractivity (Wildman–Crippen MR) is 39.3 cm³/mol. The summed E-state index contributed by atoms with van der Waals surface area (Å²) >= 11 is 1.42. The van der Waals surface area contributed by atoms with Crippen molar-refractivity contribution < 1.29 is 0 Å². The molecule has 0 radical (unpaired) electrons. The molecule has 8 heavy (non-hydrogen) atoms. The Bertz CT molecular complexity index is 82.5. The van der Waals surface area contributed by atoms with Gasteiger partial charge in [-0.25, -0.2) is 0 Å². The summed E-state index contributed by atoms with van der Waals surface area (Å²) in [6.45, 7) is 4.15. The molecule has 3 heteroatoms. The molecule has 0 spiro atoms. The smallest absolute Gasteiger partial charge is 0.151 e. The molecule has 0 rings (SSSR count). The second kappa shape index (κ2) is 3.78. The van der Waals surface area contributed by atoms with Crippen LogP contribution in [0.15, 0.2) is 0 Å². The summed E-state index contributed by atoms with van der Waals surface area (Å²) < 4.78 is 0. The Morgan fingerprint density at radius 3 is 2.50 bits per heavy atom. The van der Waals surface area contributed by atoms with Crippen molar-refractivity contribution >= 4 is 16.9 Å². The zero-order valence-electron chi connectivity index (χ0n) is 5.27. The van der Waals surface area contributed by atoms with Gasteiger partial charge >= 0.3 is 0 Å². The fourth-order valence-corrected chi connectivity index (χ4v) is 0.900. The topological polar surface area (TPSA) is 49.9 Å². The third kappa shape index (κ3) is 3.99. The van der Waals surface area contributed by atoms with E-state index in [1.165, 1.54) is 11.8 Å². The minimum Gasteiger partial charge on any atom is -0.379 e. The Kier molecular flexibility index (Phi) is 3.69. The molecule has 0 saturated heterocycles. The van der Waals surface area contributed by atoms with E-state index in [1.807, 2.05) is 0 Å². The maximum Gasteiger partial charge on any atom is 0.151 e. The van der Waals surface area contributed by atoms with Gasteiger partial charge in [0, 0.05) is 5.25 Å². The SMILES string of the molecule is CC[C@@H](C)SC(=N)N. The van der Waals surface area contributed by atoms with Crippen LogP contribution in [-0.2, 0) is 0 Å². The van der Waals surface area contributed by atoms with Crippen LogP contribution in [0.1, 0.15) is 20.3 Å². The summed E-state index contributed by atoms with van der Waals surface area (Å²) in [6.07, 6.45) is 1.07. The summed E-state index contributed by atoms with van der Waals surface area (Å²) in [5.41, 5.74) is 5.12. The molecule has 0 aromatic heterocycles.